The number of fused-ring (bicyclic) bond motifs is 1. The molecule has 0 bridgehead atoms. The highest BCUT2D eigenvalue weighted by Crippen LogP contribution is 2.32. The van der Waals surface area contributed by atoms with Crippen molar-refractivity contribution in [2.45, 2.75) is 105 Å². The summed E-state index contributed by atoms with van der Waals surface area (Å²) in [6.45, 7) is 14.2. The van der Waals surface area contributed by atoms with E-state index >= 15 is 0 Å². The predicted molar refractivity (Wildman–Crippen MR) is 198 cm³/mol. The maximum atomic E-state index is 15.0. The lowest BCUT2D eigenvalue weighted by Gasteiger charge is -2.43. The highest BCUT2D eigenvalue weighted by atomic mass is 19.1. The van der Waals surface area contributed by atoms with Crippen LogP contribution in [0.5, 0.6) is 0 Å². The van der Waals surface area contributed by atoms with Crippen LogP contribution in [0.15, 0.2) is 72.8 Å². The van der Waals surface area contributed by atoms with Gasteiger partial charge in [0.2, 0.25) is 17.7 Å². The molecule has 53 heavy (non-hydrogen) atoms. The molecule has 1 heterocycles. The third-order valence-electron chi connectivity index (χ3n) is 9.51. The summed E-state index contributed by atoms with van der Waals surface area (Å²) in [6, 6.07) is 16.0. The molecule has 4 atom stereocenters. The van der Waals surface area contributed by atoms with Gasteiger partial charge in [-0.3, -0.25) is 19.3 Å². The number of aromatic carboxylic acids is 1. The number of carboxylic acids is 1. The fourth-order valence-corrected chi connectivity index (χ4v) is 6.19. The van der Waals surface area contributed by atoms with Gasteiger partial charge in [0.15, 0.2) is 0 Å². The van der Waals surface area contributed by atoms with Crippen molar-refractivity contribution in [2.75, 3.05) is 7.05 Å². The summed E-state index contributed by atoms with van der Waals surface area (Å²) in [5.74, 6) is -2.91. The minimum absolute atomic E-state index is 0.0748. The van der Waals surface area contributed by atoms with Crippen molar-refractivity contribution in [1.82, 2.24) is 20.0 Å². The Labute approximate surface area is 311 Å². The Morgan fingerprint density at radius 1 is 0.906 bits per heavy atom. The van der Waals surface area contributed by atoms with Gasteiger partial charge < -0.3 is 25.0 Å². The molecule has 3 unspecified atom stereocenters. The Balaban J connectivity index is 1.72. The molecule has 0 spiro atoms. The number of amides is 4. The molecule has 4 rings (SSSR count). The Morgan fingerprint density at radius 2 is 1.49 bits per heavy atom. The molecule has 2 N–H and O–H groups in total. The highest BCUT2D eigenvalue weighted by molar-refractivity contribution is 5.95. The third-order valence-corrected chi connectivity index (χ3v) is 9.51. The quantitative estimate of drug-likeness (QED) is 0.248. The number of carboxylic acid groups (broad SMARTS) is 1. The summed E-state index contributed by atoms with van der Waals surface area (Å²) in [6.07, 6.45) is -0.487. The smallest absolute Gasteiger partial charge is 0.410 e. The van der Waals surface area contributed by atoms with Crippen LogP contribution >= 0.6 is 0 Å². The fourth-order valence-electron chi connectivity index (χ4n) is 6.19. The van der Waals surface area contributed by atoms with Gasteiger partial charge in [-0.25, -0.2) is 14.0 Å². The van der Waals surface area contributed by atoms with Gasteiger partial charge in [0.1, 0.15) is 29.5 Å². The zero-order chi connectivity index (χ0) is 39.4. The fraction of sp³-hybridized carbons (Fsp3) is 0.439. The Morgan fingerprint density at radius 3 is 2.04 bits per heavy atom. The number of nitrogens with one attached hydrogen (secondary N) is 1. The Hall–Kier alpha value is -5.26. The number of hydrogen-bond donors (Lipinski definition) is 2. The minimum atomic E-state index is -1.09. The number of rotatable bonds is 10. The summed E-state index contributed by atoms with van der Waals surface area (Å²) in [5, 5.41) is 12.3. The highest BCUT2D eigenvalue weighted by Gasteiger charge is 2.44. The number of carbonyl (C=O) groups excluding carboxylic acids is 4. The molecule has 0 aromatic heterocycles. The molecule has 4 amide bonds. The molecule has 11 nitrogen and oxygen atoms in total. The summed E-state index contributed by atoms with van der Waals surface area (Å²) in [4.78, 5) is 72.1. The standard InChI is InChI=1S/C41H51FN4O7/c1-25(28-18-20-32(42)21-19-28)45(23-27-14-16-29(17-15-27)38(50)51)36(48)33-22-30-12-10-11-13-31(30)24-46(33)37(49)34(40(3,4)5)43-35(47)26(2)44(9)39(52)53-41(6,7)8/h10-21,25-26,33-34H,22-24H2,1-9H3,(H,43,47)(H,50,51)/t25-,26?,33?,34?/m1/s1. The lowest BCUT2D eigenvalue weighted by Crippen LogP contribution is -2.62. The van der Waals surface area contributed by atoms with Crippen molar-refractivity contribution in [3.05, 3.63) is 106 Å². The van der Waals surface area contributed by atoms with Gasteiger partial charge in [-0.05, 0) is 86.6 Å². The second-order valence-corrected chi connectivity index (χ2v) is 15.7. The van der Waals surface area contributed by atoms with Crippen molar-refractivity contribution >= 4 is 29.8 Å². The first kappa shape index (κ1) is 40.5. The summed E-state index contributed by atoms with van der Waals surface area (Å²) in [5.41, 5.74) is 1.60. The van der Waals surface area contributed by atoms with Gasteiger partial charge in [0, 0.05) is 26.6 Å². The maximum absolute atomic E-state index is 15.0. The van der Waals surface area contributed by atoms with Crippen LogP contribution in [0.4, 0.5) is 9.18 Å². The minimum Gasteiger partial charge on any atom is -0.478 e. The Bertz CT molecular complexity index is 1820. The van der Waals surface area contributed by atoms with E-state index in [4.69, 9.17) is 4.74 Å². The lowest BCUT2D eigenvalue weighted by molar-refractivity contribution is -0.152. The van der Waals surface area contributed by atoms with E-state index in [0.29, 0.717) is 11.1 Å². The SMILES string of the molecule is CC(C(=O)NC(C(=O)N1Cc2ccccc2CC1C(=O)N(Cc1ccc(C(=O)O)cc1)[C@H](C)c1ccc(F)cc1)C(C)(C)C)N(C)C(=O)OC(C)(C)C. The Kier molecular flexibility index (Phi) is 12.4. The number of halogens is 1. The van der Waals surface area contributed by atoms with E-state index in [1.54, 1.807) is 56.9 Å². The summed E-state index contributed by atoms with van der Waals surface area (Å²) >= 11 is 0. The molecular formula is C41H51FN4O7. The van der Waals surface area contributed by atoms with Gasteiger partial charge in [-0.15, -0.1) is 0 Å². The molecule has 1 aliphatic rings. The molecule has 12 heteroatoms. The van der Waals surface area contributed by atoms with Gasteiger partial charge in [0.25, 0.3) is 0 Å². The molecule has 0 radical (unpaired) electrons. The molecular weight excluding hydrogens is 679 g/mol. The molecule has 1 aliphatic heterocycles. The first-order valence-corrected chi connectivity index (χ1v) is 17.7. The van der Waals surface area contributed by atoms with Gasteiger partial charge in [0.05, 0.1) is 11.6 Å². The van der Waals surface area contributed by atoms with Gasteiger partial charge in [-0.2, -0.15) is 0 Å². The first-order chi connectivity index (χ1) is 24.7. The lowest BCUT2D eigenvalue weighted by atomic mass is 9.84. The van der Waals surface area contributed by atoms with E-state index < -0.39 is 64.9 Å². The van der Waals surface area contributed by atoms with Crippen LogP contribution in [0, 0.1) is 11.2 Å². The average Bonchev–Trinajstić information content (AvgIpc) is 3.10. The van der Waals surface area contributed by atoms with Crippen LogP contribution in [0.2, 0.25) is 0 Å². The molecule has 0 saturated heterocycles. The second-order valence-electron chi connectivity index (χ2n) is 15.7. The number of carbonyl (C=O) groups is 5. The van der Waals surface area contributed by atoms with Crippen molar-refractivity contribution in [3.8, 4) is 0 Å². The van der Waals surface area contributed by atoms with E-state index in [2.05, 4.69) is 5.32 Å². The normalized spacial score (nSPS) is 16.0. The zero-order valence-corrected chi connectivity index (χ0v) is 32.0. The molecule has 3 aromatic carbocycles. The predicted octanol–water partition coefficient (Wildman–Crippen LogP) is 6.35. The van der Waals surface area contributed by atoms with Gasteiger partial charge in [-0.1, -0.05) is 69.3 Å². The van der Waals surface area contributed by atoms with Crippen molar-refractivity contribution in [1.29, 1.82) is 0 Å². The van der Waals surface area contributed by atoms with Crippen LogP contribution in [0.25, 0.3) is 0 Å². The number of nitrogens with zero attached hydrogens (tertiary/aromatic N) is 3. The number of ether oxygens (including phenoxy) is 1. The van der Waals surface area contributed by atoms with Crippen molar-refractivity contribution in [2.24, 2.45) is 5.41 Å². The number of likely N-dealkylation sites (N-methyl/N-ethyl adjacent to an activating group) is 1. The summed E-state index contributed by atoms with van der Waals surface area (Å²) < 4.78 is 19.4. The van der Waals surface area contributed by atoms with Crippen LogP contribution in [-0.4, -0.2) is 80.4 Å². The molecule has 0 saturated carbocycles. The third kappa shape index (κ3) is 10.00. The van der Waals surface area contributed by atoms with E-state index in [1.807, 2.05) is 52.0 Å². The number of benzene rings is 3. The molecule has 0 fully saturated rings. The number of hydrogen-bond acceptors (Lipinski definition) is 6. The molecule has 0 aliphatic carbocycles. The van der Waals surface area contributed by atoms with Crippen LogP contribution in [0.3, 0.4) is 0 Å². The van der Waals surface area contributed by atoms with Crippen LogP contribution < -0.4 is 5.32 Å². The summed E-state index contributed by atoms with van der Waals surface area (Å²) in [7, 11) is 1.45. The molecule has 3 aromatic rings. The average molecular weight is 731 g/mol. The van der Waals surface area contributed by atoms with E-state index in [9.17, 15) is 33.5 Å². The van der Waals surface area contributed by atoms with Crippen LogP contribution in [0.1, 0.15) is 94.0 Å². The first-order valence-electron chi connectivity index (χ1n) is 17.7. The largest absolute Gasteiger partial charge is 0.478 e. The zero-order valence-electron chi connectivity index (χ0n) is 32.0. The maximum Gasteiger partial charge on any atom is 0.410 e. The molecule has 284 valence electrons. The van der Waals surface area contributed by atoms with Crippen LogP contribution in [-0.2, 0) is 38.6 Å². The van der Waals surface area contributed by atoms with E-state index in [0.717, 1.165) is 11.1 Å². The second kappa shape index (κ2) is 16.2. The topological polar surface area (TPSA) is 137 Å². The monoisotopic (exact) mass is 730 g/mol. The van der Waals surface area contributed by atoms with Crippen molar-refractivity contribution < 1.29 is 38.2 Å². The van der Waals surface area contributed by atoms with E-state index in [-0.39, 0.29) is 31.0 Å². The van der Waals surface area contributed by atoms with E-state index in [1.165, 1.54) is 41.1 Å². The van der Waals surface area contributed by atoms with Crippen molar-refractivity contribution in [3.63, 3.8) is 0 Å². The van der Waals surface area contributed by atoms with Gasteiger partial charge >= 0.3 is 12.1 Å².